The summed E-state index contributed by atoms with van der Waals surface area (Å²) in [5.74, 6) is 1.58. The molecule has 1 aromatic carbocycles. The lowest BCUT2D eigenvalue weighted by Crippen LogP contribution is -2.46. The highest BCUT2D eigenvalue weighted by atomic mass is 16.6. The van der Waals surface area contributed by atoms with Gasteiger partial charge in [0.15, 0.2) is 0 Å². The van der Waals surface area contributed by atoms with Crippen LogP contribution in [0.4, 0.5) is 17.5 Å². The second-order valence-corrected chi connectivity index (χ2v) is 7.14. The number of nitrogens with zero attached hydrogens (tertiary/aromatic N) is 6. The molecule has 0 radical (unpaired) electrons. The molecule has 144 valence electrons. The van der Waals surface area contributed by atoms with Gasteiger partial charge in [0, 0.05) is 58.1 Å². The van der Waals surface area contributed by atoms with Gasteiger partial charge in [0.25, 0.3) is 5.69 Å². The van der Waals surface area contributed by atoms with Gasteiger partial charge >= 0.3 is 0 Å². The van der Waals surface area contributed by atoms with Crippen molar-refractivity contribution >= 4 is 17.5 Å². The average molecular weight is 370 g/mol. The molecule has 0 bridgehead atoms. The Morgan fingerprint density at radius 3 is 2.78 bits per heavy atom. The third kappa shape index (κ3) is 4.51. The topological polar surface area (TPSA) is 78.6 Å². The quantitative estimate of drug-likeness (QED) is 0.571. The first-order valence-corrected chi connectivity index (χ1v) is 9.13. The van der Waals surface area contributed by atoms with E-state index in [9.17, 15) is 10.1 Å². The maximum absolute atomic E-state index is 11.3. The van der Waals surface area contributed by atoms with Gasteiger partial charge in [0.1, 0.15) is 5.82 Å². The summed E-state index contributed by atoms with van der Waals surface area (Å²) in [6.07, 6.45) is 3.88. The van der Waals surface area contributed by atoms with Gasteiger partial charge in [0.2, 0.25) is 5.95 Å². The molecule has 1 atom stereocenters. The number of anilines is 2. The lowest BCUT2D eigenvalue weighted by Gasteiger charge is -2.37. The molecule has 8 nitrogen and oxygen atoms in total. The first kappa shape index (κ1) is 19.0. The Labute approximate surface area is 159 Å². The largest absolute Gasteiger partial charge is 0.363 e. The van der Waals surface area contributed by atoms with Gasteiger partial charge in [-0.2, -0.15) is 4.98 Å². The van der Waals surface area contributed by atoms with E-state index in [0.717, 1.165) is 37.3 Å². The normalized spacial score (nSPS) is 17.5. The molecule has 1 fully saturated rings. The Morgan fingerprint density at radius 1 is 1.26 bits per heavy atom. The maximum Gasteiger partial charge on any atom is 0.273 e. The highest BCUT2D eigenvalue weighted by Gasteiger charge is 2.26. The zero-order valence-corrected chi connectivity index (χ0v) is 16.1. The number of rotatable bonds is 6. The second-order valence-electron chi connectivity index (χ2n) is 7.14. The van der Waals surface area contributed by atoms with Crippen LogP contribution in [0.5, 0.6) is 0 Å². The van der Waals surface area contributed by atoms with Crippen molar-refractivity contribution < 1.29 is 4.92 Å². The summed E-state index contributed by atoms with van der Waals surface area (Å²) in [5.41, 5.74) is 0.951. The van der Waals surface area contributed by atoms with Gasteiger partial charge < -0.3 is 9.80 Å². The number of para-hydroxylation sites is 1. The van der Waals surface area contributed by atoms with Crippen molar-refractivity contribution in [1.29, 1.82) is 0 Å². The average Bonchev–Trinajstić information content (AvgIpc) is 2.68. The summed E-state index contributed by atoms with van der Waals surface area (Å²) in [6, 6.07) is 9.15. The summed E-state index contributed by atoms with van der Waals surface area (Å²) >= 11 is 0. The van der Waals surface area contributed by atoms with Crippen LogP contribution in [0.3, 0.4) is 0 Å². The van der Waals surface area contributed by atoms with E-state index in [4.69, 9.17) is 0 Å². The lowest BCUT2D eigenvalue weighted by molar-refractivity contribution is -0.385. The summed E-state index contributed by atoms with van der Waals surface area (Å²) < 4.78 is 0. The van der Waals surface area contributed by atoms with Crippen LogP contribution < -0.4 is 9.80 Å². The Balaban J connectivity index is 1.71. The third-order valence-corrected chi connectivity index (χ3v) is 5.01. The van der Waals surface area contributed by atoms with Gasteiger partial charge in [-0.1, -0.05) is 18.2 Å². The Bertz CT molecular complexity index is 797. The van der Waals surface area contributed by atoms with Crippen molar-refractivity contribution in [3.8, 4) is 0 Å². The van der Waals surface area contributed by atoms with Crippen LogP contribution in [-0.4, -0.2) is 60.1 Å². The fraction of sp³-hybridized carbons (Fsp3) is 0.474. The monoisotopic (exact) mass is 370 g/mol. The second kappa shape index (κ2) is 8.30. The van der Waals surface area contributed by atoms with Gasteiger partial charge in [-0.3, -0.25) is 15.0 Å². The maximum atomic E-state index is 11.3. The molecule has 0 saturated carbocycles. The minimum atomic E-state index is -0.302. The van der Waals surface area contributed by atoms with E-state index in [1.165, 1.54) is 0 Å². The molecule has 1 unspecified atom stereocenters. The van der Waals surface area contributed by atoms with Crippen molar-refractivity contribution in [3.63, 3.8) is 0 Å². The van der Waals surface area contributed by atoms with Crippen molar-refractivity contribution in [1.82, 2.24) is 14.9 Å². The molecular weight excluding hydrogens is 344 g/mol. The van der Waals surface area contributed by atoms with Crippen LogP contribution in [0.15, 0.2) is 36.5 Å². The number of likely N-dealkylation sites (N-methyl/N-ethyl adjacent to an activating group) is 1. The van der Waals surface area contributed by atoms with Crippen LogP contribution in [0, 0.1) is 10.1 Å². The number of benzene rings is 1. The van der Waals surface area contributed by atoms with E-state index in [1.807, 2.05) is 44.2 Å². The van der Waals surface area contributed by atoms with Crippen LogP contribution in [-0.2, 0) is 6.54 Å². The molecule has 0 spiro atoms. The van der Waals surface area contributed by atoms with Crippen LogP contribution in [0.25, 0.3) is 0 Å². The van der Waals surface area contributed by atoms with E-state index < -0.39 is 0 Å². The highest BCUT2D eigenvalue weighted by molar-refractivity contribution is 5.43. The molecule has 1 aliphatic heterocycles. The minimum Gasteiger partial charge on any atom is -0.363 e. The van der Waals surface area contributed by atoms with E-state index in [2.05, 4.69) is 19.8 Å². The number of piperidine rings is 1. The number of likely N-dealkylation sites (tertiary alicyclic amines) is 1. The Kier molecular flexibility index (Phi) is 5.85. The smallest absolute Gasteiger partial charge is 0.273 e. The number of aromatic nitrogens is 2. The van der Waals surface area contributed by atoms with Crippen molar-refractivity contribution in [2.24, 2.45) is 0 Å². The van der Waals surface area contributed by atoms with E-state index >= 15 is 0 Å². The van der Waals surface area contributed by atoms with Gasteiger partial charge in [-0.25, -0.2) is 4.98 Å². The molecule has 1 saturated heterocycles. The molecule has 2 aromatic rings. The first-order valence-electron chi connectivity index (χ1n) is 9.13. The van der Waals surface area contributed by atoms with Crippen LogP contribution in [0.1, 0.15) is 18.4 Å². The van der Waals surface area contributed by atoms with E-state index in [1.54, 1.807) is 18.3 Å². The SMILES string of the molecule is CN(C)c1ccnc(N(C)C2CCCN(Cc3ccccc3[N+](=O)[O-])C2)n1. The zero-order chi connectivity index (χ0) is 19.4. The molecule has 0 amide bonds. The van der Waals surface area contributed by atoms with Gasteiger partial charge in [-0.05, 0) is 25.5 Å². The Morgan fingerprint density at radius 2 is 2.04 bits per heavy atom. The molecule has 0 aliphatic carbocycles. The standard InChI is InChI=1S/C19H26N6O2/c1-22(2)18-10-11-20-19(21-18)23(3)16-8-6-12-24(14-16)13-15-7-4-5-9-17(15)25(26)27/h4-5,7,9-11,16H,6,8,12-14H2,1-3H3. The molecule has 0 N–H and O–H groups in total. The zero-order valence-electron chi connectivity index (χ0n) is 16.1. The number of nitro groups is 1. The summed E-state index contributed by atoms with van der Waals surface area (Å²) in [4.78, 5) is 26.4. The molecule has 3 rings (SSSR count). The molecule has 2 heterocycles. The fourth-order valence-electron chi connectivity index (χ4n) is 3.48. The van der Waals surface area contributed by atoms with Crippen molar-refractivity contribution in [2.45, 2.75) is 25.4 Å². The lowest BCUT2D eigenvalue weighted by atomic mass is 10.0. The van der Waals surface area contributed by atoms with Crippen molar-refractivity contribution in [2.75, 3.05) is 44.0 Å². The summed E-state index contributed by atoms with van der Waals surface area (Å²) in [7, 11) is 5.94. The van der Waals surface area contributed by atoms with E-state index in [0.29, 0.717) is 12.5 Å². The Hall–Kier alpha value is -2.74. The molecule has 1 aromatic heterocycles. The molecular formula is C19H26N6O2. The van der Waals surface area contributed by atoms with Crippen LogP contribution >= 0.6 is 0 Å². The summed E-state index contributed by atoms with van der Waals surface area (Å²) in [6.45, 7) is 2.35. The van der Waals surface area contributed by atoms with Gasteiger partial charge in [-0.15, -0.1) is 0 Å². The number of nitro benzene ring substituents is 1. The number of hydrogen-bond acceptors (Lipinski definition) is 7. The van der Waals surface area contributed by atoms with E-state index in [-0.39, 0.29) is 16.7 Å². The fourth-order valence-corrected chi connectivity index (χ4v) is 3.48. The van der Waals surface area contributed by atoms with Gasteiger partial charge in [0.05, 0.1) is 4.92 Å². The summed E-state index contributed by atoms with van der Waals surface area (Å²) in [5, 5.41) is 11.3. The molecule has 8 heteroatoms. The predicted molar refractivity (Wildman–Crippen MR) is 106 cm³/mol. The predicted octanol–water partition coefficient (Wildman–Crippen LogP) is 2.55. The number of hydrogen-bond donors (Lipinski definition) is 0. The first-order chi connectivity index (χ1) is 13.0. The highest BCUT2D eigenvalue weighted by Crippen LogP contribution is 2.24. The van der Waals surface area contributed by atoms with Crippen molar-refractivity contribution in [3.05, 3.63) is 52.2 Å². The van der Waals surface area contributed by atoms with Crippen LogP contribution in [0.2, 0.25) is 0 Å². The minimum absolute atomic E-state index is 0.190. The third-order valence-electron chi connectivity index (χ3n) is 5.01. The molecule has 1 aliphatic rings. The molecule has 27 heavy (non-hydrogen) atoms.